The van der Waals surface area contributed by atoms with Gasteiger partial charge in [0, 0.05) is 31.1 Å². The lowest BCUT2D eigenvalue weighted by molar-refractivity contribution is 0.0736. The second-order valence-electron chi connectivity index (χ2n) is 4.87. The Morgan fingerprint density at radius 3 is 2.86 bits per heavy atom. The highest BCUT2D eigenvalue weighted by molar-refractivity contribution is 7.89. The molecule has 1 saturated carbocycles. The lowest BCUT2D eigenvalue weighted by Gasteiger charge is -2.09. The summed E-state index contributed by atoms with van der Waals surface area (Å²) in [6, 6.07) is 2.22. The van der Waals surface area contributed by atoms with Crippen LogP contribution in [0.3, 0.4) is 0 Å². The smallest absolute Gasteiger partial charge is 0.241 e. The molecule has 0 atom stereocenters. The van der Waals surface area contributed by atoms with Gasteiger partial charge in [-0.2, -0.15) is 0 Å². The molecule has 6 nitrogen and oxygen atoms in total. The SMILES string of the molecule is COCCOCCNS(=O)(=O)c1ccsc1CNC1CC1. The fourth-order valence-electron chi connectivity index (χ4n) is 1.79. The van der Waals surface area contributed by atoms with Crippen LogP contribution < -0.4 is 10.0 Å². The van der Waals surface area contributed by atoms with E-state index in [0.717, 1.165) is 4.88 Å². The van der Waals surface area contributed by atoms with E-state index < -0.39 is 10.0 Å². The first-order valence-corrected chi connectivity index (χ1v) is 9.36. The van der Waals surface area contributed by atoms with Crippen molar-refractivity contribution in [3.63, 3.8) is 0 Å². The van der Waals surface area contributed by atoms with Crippen molar-refractivity contribution in [3.05, 3.63) is 16.3 Å². The van der Waals surface area contributed by atoms with Gasteiger partial charge in [-0.3, -0.25) is 0 Å². The van der Waals surface area contributed by atoms with Crippen LogP contribution in [0.1, 0.15) is 17.7 Å². The average Bonchev–Trinajstić information content (AvgIpc) is 3.16. The van der Waals surface area contributed by atoms with E-state index in [-0.39, 0.29) is 6.54 Å². The summed E-state index contributed by atoms with van der Waals surface area (Å²) in [5.74, 6) is 0. The van der Waals surface area contributed by atoms with Gasteiger partial charge in [0.25, 0.3) is 0 Å². The van der Waals surface area contributed by atoms with Gasteiger partial charge in [0.2, 0.25) is 10.0 Å². The molecule has 0 bridgehead atoms. The van der Waals surface area contributed by atoms with Gasteiger partial charge < -0.3 is 14.8 Å². The van der Waals surface area contributed by atoms with Crippen molar-refractivity contribution < 1.29 is 17.9 Å². The highest BCUT2D eigenvalue weighted by Crippen LogP contribution is 2.24. The van der Waals surface area contributed by atoms with E-state index in [2.05, 4.69) is 10.0 Å². The summed E-state index contributed by atoms with van der Waals surface area (Å²) in [4.78, 5) is 1.23. The van der Waals surface area contributed by atoms with E-state index in [1.165, 1.54) is 24.2 Å². The summed E-state index contributed by atoms with van der Waals surface area (Å²) in [7, 11) is -1.86. The Balaban J connectivity index is 1.79. The van der Waals surface area contributed by atoms with Crippen LogP contribution in [0.5, 0.6) is 0 Å². The second kappa shape index (κ2) is 8.21. The number of hydrogen-bond acceptors (Lipinski definition) is 6. The Morgan fingerprint density at radius 2 is 2.14 bits per heavy atom. The Morgan fingerprint density at radius 1 is 1.33 bits per heavy atom. The van der Waals surface area contributed by atoms with Gasteiger partial charge in [0.15, 0.2) is 0 Å². The van der Waals surface area contributed by atoms with Crippen molar-refractivity contribution in [2.24, 2.45) is 0 Å². The third-order valence-corrected chi connectivity index (χ3v) is 5.69. The summed E-state index contributed by atoms with van der Waals surface area (Å²) in [5.41, 5.74) is 0. The molecule has 8 heteroatoms. The topological polar surface area (TPSA) is 76.7 Å². The van der Waals surface area contributed by atoms with Crippen LogP contribution in [-0.4, -0.2) is 47.9 Å². The van der Waals surface area contributed by atoms with Gasteiger partial charge >= 0.3 is 0 Å². The first kappa shape index (κ1) is 16.9. The van der Waals surface area contributed by atoms with Gasteiger partial charge in [-0.1, -0.05) is 0 Å². The largest absolute Gasteiger partial charge is 0.382 e. The fraction of sp³-hybridized carbons (Fsp3) is 0.692. The van der Waals surface area contributed by atoms with E-state index in [4.69, 9.17) is 9.47 Å². The molecular weight excluding hydrogens is 312 g/mol. The Labute approximate surface area is 129 Å². The molecule has 1 aromatic rings. The maximum Gasteiger partial charge on any atom is 0.241 e. The van der Waals surface area contributed by atoms with Gasteiger partial charge in [-0.25, -0.2) is 13.1 Å². The maximum absolute atomic E-state index is 12.3. The minimum Gasteiger partial charge on any atom is -0.382 e. The van der Waals surface area contributed by atoms with Gasteiger partial charge in [0.1, 0.15) is 0 Å². The van der Waals surface area contributed by atoms with Crippen LogP contribution in [0.2, 0.25) is 0 Å². The van der Waals surface area contributed by atoms with Gasteiger partial charge in [-0.05, 0) is 24.3 Å². The van der Waals surface area contributed by atoms with Crippen molar-refractivity contribution >= 4 is 21.4 Å². The molecule has 1 aliphatic carbocycles. The zero-order valence-corrected chi connectivity index (χ0v) is 13.8. The molecule has 0 radical (unpaired) electrons. The Kier molecular flexibility index (Phi) is 6.59. The molecule has 0 unspecified atom stereocenters. The third kappa shape index (κ3) is 5.65. The molecule has 1 aromatic heterocycles. The first-order chi connectivity index (χ1) is 10.1. The summed E-state index contributed by atoms with van der Waals surface area (Å²) in [6.45, 7) is 2.18. The molecule has 0 amide bonds. The number of ether oxygens (including phenoxy) is 2. The highest BCUT2D eigenvalue weighted by Gasteiger charge is 2.23. The second-order valence-corrected chi connectivity index (χ2v) is 7.60. The first-order valence-electron chi connectivity index (χ1n) is 6.99. The van der Waals surface area contributed by atoms with Crippen molar-refractivity contribution in [2.75, 3.05) is 33.5 Å². The van der Waals surface area contributed by atoms with Crippen molar-refractivity contribution in [1.82, 2.24) is 10.0 Å². The van der Waals surface area contributed by atoms with E-state index >= 15 is 0 Å². The molecule has 120 valence electrons. The summed E-state index contributed by atoms with van der Waals surface area (Å²) in [6.07, 6.45) is 2.37. The number of hydrogen-bond donors (Lipinski definition) is 2. The van der Waals surface area contributed by atoms with Crippen LogP contribution in [0.4, 0.5) is 0 Å². The van der Waals surface area contributed by atoms with E-state index in [1.807, 2.05) is 5.38 Å². The summed E-state index contributed by atoms with van der Waals surface area (Å²) >= 11 is 1.47. The van der Waals surface area contributed by atoms with Crippen LogP contribution in [0, 0.1) is 0 Å². The molecule has 0 aromatic carbocycles. The predicted octanol–water partition coefficient (Wildman–Crippen LogP) is 0.941. The quantitative estimate of drug-likeness (QED) is 0.589. The van der Waals surface area contributed by atoms with Crippen molar-refractivity contribution in [1.29, 1.82) is 0 Å². The van der Waals surface area contributed by atoms with Crippen LogP contribution in [0.15, 0.2) is 16.3 Å². The molecule has 2 rings (SSSR count). The maximum atomic E-state index is 12.3. The number of rotatable bonds is 11. The van der Waals surface area contributed by atoms with Crippen LogP contribution in [-0.2, 0) is 26.0 Å². The lowest BCUT2D eigenvalue weighted by Crippen LogP contribution is -2.28. The fourth-order valence-corrected chi connectivity index (χ4v) is 4.20. The van der Waals surface area contributed by atoms with Crippen molar-refractivity contribution in [2.45, 2.75) is 30.3 Å². The molecular formula is C13H22N2O4S2. The molecule has 0 saturated heterocycles. The highest BCUT2D eigenvalue weighted by atomic mass is 32.2. The zero-order valence-electron chi connectivity index (χ0n) is 12.1. The molecule has 0 aliphatic heterocycles. The summed E-state index contributed by atoms with van der Waals surface area (Å²) < 4.78 is 37.2. The molecule has 0 spiro atoms. The number of thiophene rings is 1. The number of nitrogens with one attached hydrogen (secondary N) is 2. The minimum absolute atomic E-state index is 0.261. The third-order valence-electron chi connectivity index (χ3n) is 3.09. The Hall–Kier alpha value is -0.510. The van der Waals surface area contributed by atoms with Gasteiger partial charge in [-0.15, -0.1) is 11.3 Å². The van der Waals surface area contributed by atoms with E-state index in [0.29, 0.717) is 37.3 Å². The minimum atomic E-state index is -3.46. The number of sulfonamides is 1. The monoisotopic (exact) mass is 334 g/mol. The molecule has 21 heavy (non-hydrogen) atoms. The molecule has 1 heterocycles. The number of methoxy groups -OCH3 is 1. The average molecular weight is 334 g/mol. The Bertz CT molecular complexity index is 526. The van der Waals surface area contributed by atoms with E-state index in [1.54, 1.807) is 13.2 Å². The normalized spacial score (nSPS) is 15.5. The summed E-state index contributed by atoms with van der Waals surface area (Å²) in [5, 5.41) is 5.15. The zero-order chi connectivity index (χ0) is 15.1. The van der Waals surface area contributed by atoms with E-state index in [9.17, 15) is 8.42 Å². The lowest BCUT2D eigenvalue weighted by atomic mass is 10.4. The predicted molar refractivity (Wildman–Crippen MR) is 82.1 cm³/mol. The van der Waals surface area contributed by atoms with Crippen molar-refractivity contribution in [3.8, 4) is 0 Å². The molecule has 2 N–H and O–H groups in total. The van der Waals surface area contributed by atoms with Crippen LogP contribution >= 0.6 is 11.3 Å². The van der Waals surface area contributed by atoms with Crippen LogP contribution in [0.25, 0.3) is 0 Å². The standard InChI is InChI=1S/C13H22N2O4S2/c1-18-7-8-19-6-5-15-21(16,17)13-4-9-20-12(13)10-14-11-2-3-11/h4,9,11,14-15H,2-3,5-8,10H2,1H3. The molecule has 1 aliphatic rings. The van der Waals surface area contributed by atoms with Gasteiger partial charge in [0.05, 0.1) is 24.7 Å². The molecule has 1 fully saturated rings.